The van der Waals surface area contributed by atoms with E-state index >= 15 is 0 Å². The van der Waals surface area contributed by atoms with E-state index in [1.54, 1.807) is 0 Å². The summed E-state index contributed by atoms with van der Waals surface area (Å²) >= 11 is 4.96. The first kappa shape index (κ1) is 10.7. The zero-order valence-corrected chi connectivity index (χ0v) is 9.82. The topological polar surface area (TPSA) is 29.1 Å². The molecule has 0 aliphatic rings. The summed E-state index contributed by atoms with van der Waals surface area (Å²) in [6, 6.07) is 1.83. The standard InChI is InChI=1S/C9H12BrNOS/c1-7(10)2-4-11-9(12)8-3-5-13-6-8/h3,5-7H,2,4H2,1H3,(H,11,12). The van der Waals surface area contributed by atoms with Crippen molar-refractivity contribution in [3.8, 4) is 0 Å². The van der Waals surface area contributed by atoms with Crippen LogP contribution in [-0.4, -0.2) is 17.3 Å². The molecule has 0 aliphatic carbocycles. The van der Waals surface area contributed by atoms with Gasteiger partial charge in [0.05, 0.1) is 0 Å². The van der Waals surface area contributed by atoms with Gasteiger partial charge in [0.1, 0.15) is 0 Å². The van der Waals surface area contributed by atoms with Crippen LogP contribution < -0.4 is 5.32 Å². The highest BCUT2D eigenvalue weighted by Crippen LogP contribution is 2.06. The van der Waals surface area contributed by atoms with Crippen LogP contribution in [0.1, 0.15) is 23.7 Å². The van der Waals surface area contributed by atoms with Gasteiger partial charge in [-0.2, -0.15) is 11.3 Å². The van der Waals surface area contributed by atoms with Gasteiger partial charge in [0.2, 0.25) is 0 Å². The summed E-state index contributed by atoms with van der Waals surface area (Å²) in [7, 11) is 0. The third kappa shape index (κ3) is 3.91. The molecule has 1 amide bonds. The molecule has 0 saturated heterocycles. The lowest BCUT2D eigenvalue weighted by Crippen LogP contribution is -2.25. The zero-order chi connectivity index (χ0) is 9.68. The fourth-order valence-corrected chi connectivity index (χ4v) is 1.75. The van der Waals surface area contributed by atoms with Gasteiger partial charge >= 0.3 is 0 Å². The smallest absolute Gasteiger partial charge is 0.252 e. The average molecular weight is 262 g/mol. The Kier molecular flexibility index (Phi) is 4.45. The fraction of sp³-hybridized carbons (Fsp3) is 0.444. The molecule has 1 aromatic heterocycles. The van der Waals surface area contributed by atoms with Gasteiger partial charge in [-0.25, -0.2) is 0 Å². The van der Waals surface area contributed by atoms with Crippen LogP contribution in [0.5, 0.6) is 0 Å². The second-order valence-corrected chi connectivity index (χ2v) is 5.18. The minimum Gasteiger partial charge on any atom is -0.352 e. The molecule has 0 spiro atoms. The largest absolute Gasteiger partial charge is 0.352 e. The van der Waals surface area contributed by atoms with Crippen LogP contribution in [-0.2, 0) is 0 Å². The highest BCUT2D eigenvalue weighted by Gasteiger charge is 2.04. The second kappa shape index (κ2) is 5.40. The Balaban J connectivity index is 2.27. The van der Waals surface area contributed by atoms with Crippen molar-refractivity contribution in [1.29, 1.82) is 0 Å². The van der Waals surface area contributed by atoms with Gasteiger partial charge in [-0.15, -0.1) is 0 Å². The van der Waals surface area contributed by atoms with E-state index in [-0.39, 0.29) is 5.91 Å². The number of hydrogen-bond donors (Lipinski definition) is 1. The summed E-state index contributed by atoms with van der Waals surface area (Å²) in [6.07, 6.45) is 0.954. The summed E-state index contributed by atoms with van der Waals surface area (Å²) < 4.78 is 0. The summed E-state index contributed by atoms with van der Waals surface area (Å²) in [5.74, 6) is 0.0226. The fourth-order valence-electron chi connectivity index (χ4n) is 0.880. The van der Waals surface area contributed by atoms with E-state index in [1.807, 2.05) is 16.8 Å². The van der Waals surface area contributed by atoms with E-state index < -0.39 is 0 Å². The number of nitrogens with one attached hydrogen (secondary N) is 1. The van der Waals surface area contributed by atoms with Crippen molar-refractivity contribution in [2.24, 2.45) is 0 Å². The molecule has 0 radical (unpaired) electrons. The molecule has 0 aromatic carbocycles. The predicted octanol–water partition coefficient (Wildman–Crippen LogP) is 2.65. The van der Waals surface area contributed by atoms with E-state index in [2.05, 4.69) is 28.2 Å². The van der Waals surface area contributed by atoms with Crippen molar-refractivity contribution in [2.75, 3.05) is 6.54 Å². The summed E-state index contributed by atoms with van der Waals surface area (Å²) in [5, 5.41) is 6.61. The number of carbonyl (C=O) groups excluding carboxylic acids is 1. The molecule has 1 aromatic rings. The number of hydrogen-bond acceptors (Lipinski definition) is 2. The van der Waals surface area contributed by atoms with Gasteiger partial charge in [0.25, 0.3) is 5.91 Å². The van der Waals surface area contributed by atoms with E-state index in [1.165, 1.54) is 11.3 Å². The average Bonchev–Trinajstić information content (AvgIpc) is 2.55. The summed E-state index contributed by atoms with van der Waals surface area (Å²) in [5.41, 5.74) is 0.757. The molecular weight excluding hydrogens is 250 g/mol. The highest BCUT2D eigenvalue weighted by molar-refractivity contribution is 9.09. The number of thiophene rings is 1. The van der Waals surface area contributed by atoms with Crippen molar-refractivity contribution in [3.05, 3.63) is 22.4 Å². The highest BCUT2D eigenvalue weighted by atomic mass is 79.9. The number of alkyl halides is 1. The van der Waals surface area contributed by atoms with Gasteiger partial charge in [-0.1, -0.05) is 22.9 Å². The Labute approximate surface area is 90.5 Å². The van der Waals surface area contributed by atoms with Crippen molar-refractivity contribution in [3.63, 3.8) is 0 Å². The quantitative estimate of drug-likeness (QED) is 0.830. The first-order chi connectivity index (χ1) is 6.20. The van der Waals surface area contributed by atoms with Crippen LogP contribution in [0.2, 0.25) is 0 Å². The molecule has 1 N–H and O–H groups in total. The van der Waals surface area contributed by atoms with Crippen LogP contribution in [0.25, 0.3) is 0 Å². The second-order valence-electron chi connectivity index (χ2n) is 2.84. The van der Waals surface area contributed by atoms with Gasteiger partial charge in [0, 0.05) is 22.3 Å². The molecule has 0 fully saturated rings. The third-order valence-electron chi connectivity index (χ3n) is 1.61. The van der Waals surface area contributed by atoms with E-state index in [0.29, 0.717) is 4.83 Å². The molecular formula is C9H12BrNOS. The Morgan fingerprint density at radius 1 is 1.77 bits per heavy atom. The first-order valence-corrected chi connectivity index (χ1v) is 6.00. The lowest BCUT2D eigenvalue weighted by Gasteiger charge is -2.04. The molecule has 1 unspecified atom stereocenters. The molecule has 0 aliphatic heterocycles. The number of carbonyl (C=O) groups is 1. The minimum absolute atomic E-state index is 0.0226. The maximum atomic E-state index is 11.4. The minimum atomic E-state index is 0.0226. The lowest BCUT2D eigenvalue weighted by molar-refractivity contribution is 0.0954. The van der Waals surface area contributed by atoms with Crippen LogP contribution in [0.4, 0.5) is 0 Å². The molecule has 1 heterocycles. The summed E-state index contributed by atoms with van der Waals surface area (Å²) in [4.78, 5) is 11.8. The van der Waals surface area contributed by atoms with Crippen LogP contribution in [0.15, 0.2) is 16.8 Å². The predicted molar refractivity (Wildman–Crippen MR) is 59.7 cm³/mol. The van der Waals surface area contributed by atoms with Crippen molar-refractivity contribution in [1.82, 2.24) is 5.32 Å². The van der Waals surface area contributed by atoms with E-state index in [0.717, 1.165) is 18.5 Å². The molecule has 72 valence electrons. The van der Waals surface area contributed by atoms with Gasteiger partial charge in [-0.3, -0.25) is 4.79 Å². The van der Waals surface area contributed by atoms with Crippen LogP contribution >= 0.6 is 27.3 Å². The molecule has 0 saturated carbocycles. The van der Waals surface area contributed by atoms with Crippen molar-refractivity contribution in [2.45, 2.75) is 18.2 Å². The SMILES string of the molecule is CC(Br)CCNC(=O)c1ccsc1. The molecule has 1 atom stereocenters. The number of halogens is 1. The van der Waals surface area contributed by atoms with Gasteiger partial charge in [-0.05, 0) is 17.9 Å². The van der Waals surface area contributed by atoms with E-state index in [9.17, 15) is 4.79 Å². The Bertz CT molecular complexity index is 259. The lowest BCUT2D eigenvalue weighted by atomic mass is 10.3. The normalized spacial score (nSPS) is 12.5. The Hall–Kier alpha value is -0.350. The van der Waals surface area contributed by atoms with Crippen LogP contribution in [0.3, 0.4) is 0 Å². The molecule has 13 heavy (non-hydrogen) atoms. The molecule has 2 nitrogen and oxygen atoms in total. The molecule has 0 bridgehead atoms. The Morgan fingerprint density at radius 2 is 2.54 bits per heavy atom. The Morgan fingerprint density at radius 3 is 3.08 bits per heavy atom. The van der Waals surface area contributed by atoms with Crippen molar-refractivity contribution >= 4 is 33.2 Å². The van der Waals surface area contributed by atoms with Gasteiger partial charge in [0.15, 0.2) is 0 Å². The number of amides is 1. The molecule has 4 heteroatoms. The zero-order valence-electron chi connectivity index (χ0n) is 7.42. The molecule has 1 rings (SSSR count). The van der Waals surface area contributed by atoms with Gasteiger partial charge < -0.3 is 5.32 Å². The summed E-state index contributed by atoms with van der Waals surface area (Å²) in [6.45, 7) is 2.79. The van der Waals surface area contributed by atoms with E-state index in [4.69, 9.17) is 0 Å². The maximum absolute atomic E-state index is 11.4. The first-order valence-electron chi connectivity index (χ1n) is 4.14. The van der Waals surface area contributed by atoms with Crippen molar-refractivity contribution < 1.29 is 4.79 Å². The maximum Gasteiger partial charge on any atom is 0.252 e. The monoisotopic (exact) mass is 261 g/mol. The van der Waals surface area contributed by atoms with Crippen LogP contribution in [0, 0.1) is 0 Å². The third-order valence-corrected chi connectivity index (χ3v) is 2.75. The number of rotatable bonds is 4.